The highest BCUT2D eigenvalue weighted by molar-refractivity contribution is 7.51. The van der Waals surface area contributed by atoms with Gasteiger partial charge in [-0.05, 0) is 13.3 Å². The molecule has 0 aliphatic heterocycles. The van der Waals surface area contributed by atoms with Gasteiger partial charge in [0.2, 0.25) is 5.95 Å². The van der Waals surface area contributed by atoms with Gasteiger partial charge in [0.15, 0.2) is 17.5 Å². The van der Waals surface area contributed by atoms with Crippen LogP contribution in [0.25, 0.3) is 11.2 Å². The Balaban J connectivity index is 1.56. The highest BCUT2D eigenvalue weighted by Gasteiger charge is 2.22. The summed E-state index contributed by atoms with van der Waals surface area (Å²) in [5.41, 5.74) is 0.117. The van der Waals surface area contributed by atoms with Gasteiger partial charge in [-0.1, -0.05) is 103 Å². The molecule has 230 valence electrons. The Bertz CT molecular complexity index is 1030. The Hall–Kier alpha value is -1.78. The third-order valence-corrected chi connectivity index (χ3v) is 7.58. The van der Waals surface area contributed by atoms with Gasteiger partial charge < -0.3 is 29.1 Å². The lowest BCUT2D eigenvalue weighted by atomic mass is 10.0. The van der Waals surface area contributed by atoms with Crippen LogP contribution in [0.2, 0.25) is 0 Å². The minimum atomic E-state index is -4.35. The number of fused-ring (bicyclic) bond motifs is 1. The van der Waals surface area contributed by atoms with E-state index in [0.717, 1.165) is 12.8 Å². The molecule has 2 aromatic rings. The van der Waals surface area contributed by atoms with Crippen LogP contribution in [0.3, 0.4) is 0 Å². The molecule has 0 saturated carbocycles. The van der Waals surface area contributed by atoms with Crippen LogP contribution in [-0.2, 0) is 14.0 Å². The van der Waals surface area contributed by atoms with E-state index in [1.807, 2.05) is 0 Å². The number of rotatable bonds is 25. The molecule has 1 atom stereocenters. The van der Waals surface area contributed by atoms with E-state index in [0.29, 0.717) is 19.8 Å². The van der Waals surface area contributed by atoms with Gasteiger partial charge in [0.1, 0.15) is 6.23 Å². The average molecular weight is 586 g/mol. The van der Waals surface area contributed by atoms with Gasteiger partial charge in [0.05, 0.1) is 12.9 Å². The lowest BCUT2D eigenvalue weighted by Gasteiger charge is -2.29. The number of unbranched alkanes of at least 4 members (excludes halogenated alkanes) is 15. The summed E-state index contributed by atoms with van der Waals surface area (Å²) < 4.78 is 22.4. The monoisotopic (exact) mass is 585 g/mol. The SMILES string of the molecule is CCCCCCCCCCCCCCCCCCOCCN(c1nc2nc[nH]c2c(=O)[nH]1)C(C)OCP(=O)(O)O. The van der Waals surface area contributed by atoms with E-state index < -0.39 is 25.7 Å². The van der Waals surface area contributed by atoms with Crippen LogP contribution in [0.4, 0.5) is 5.95 Å². The number of nitrogens with one attached hydrogen (secondary N) is 2. The van der Waals surface area contributed by atoms with Gasteiger partial charge in [-0.15, -0.1) is 0 Å². The molecule has 40 heavy (non-hydrogen) atoms. The number of H-pyrrole nitrogens is 2. The van der Waals surface area contributed by atoms with E-state index in [4.69, 9.17) is 9.47 Å². The normalized spacial score (nSPS) is 12.8. The molecule has 0 saturated heterocycles. The second-order valence-corrected chi connectivity index (χ2v) is 12.2. The van der Waals surface area contributed by atoms with E-state index >= 15 is 0 Å². The summed E-state index contributed by atoms with van der Waals surface area (Å²) in [5, 5.41) is 0. The lowest BCUT2D eigenvalue weighted by Crippen LogP contribution is -2.40. The molecule has 0 radical (unpaired) electrons. The van der Waals surface area contributed by atoms with Crippen LogP contribution in [0.1, 0.15) is 117 Å². The first-order valence-electron chi connectivity index (χ1n) is 15.3. The second kappa shape index (κ2) is 20.2. The molecule has 1 unspecified atom stereocenters. The maximum atomic E-state index is 12.4. The quantitative estimate of drug-likeness (QED) is 0.0603. The zero-order valence-corrected chi connectivity index (χ0v) is 25.5. The molecule has 0 spiro atoms. The predicted molar refractivity (Wildman–Crippen MR) is 160 cm³/mol. The first kappa shape index (κ1) is 34.4. The number of aromatic nitrogens is 4. The molecule has 4 N–H and O–H groups in total. The first-order chi connectivity index (χ1) is 19.3. The van der Waals surface area contributed by atoms with Crippen molar-refractivity contribution in [1.29, 1.82) is 0 Å². The van der Waals surface area contributed by atoms with Crippen LogP contribution < -0.4 is 10.5 Å². The van der Waals surface area contributed by atoms with Crippen molar-refractivity contribution in [3.8, 4) is 0 Å². The summed E-state index contributed by atoms with van der Waals surface area (Å²) in [6, 6.07) is 0. The lowest BCUT2D eigenvalue weighted by molar-refractivity contribution is 0.0732. The number of anilines is 1. The van der Waals surface area contributed by atoms with Crippen molar-refractivity contribution < 1.29 is 23.8 Å². The summed E-state index contributed by atoms with van der Waals surface area (Å²) in [7, 11) is -4.35. The van der Waals surface area contributed by atoms with Gasteiger partial charge in [0, 0.05) is 13.2 Å². The standard InChI is InChI=1S/C28H52N5O6P/c1-3-4-5-6-7-8-9-10-11-12-13-14-15-16-17-18-20-38-21-19-33(24(2)39-23-40(35,36)37)28-31-26-25(27(34)32-28)29-22-30-26/h22,24H,3-21,23H2,1-2H3,(H2,35,36,37)(H2,29,30,31,32,34). The van der Waals surface area contributed by atoms with Gasteiger partial charge in [-0.3, -0.25) is 14.3 Å². The molecule has 0 aliphatic carbocycles. The fraction of sp³-hybridized carbons (Fsp3) is 0.821. The van der Waals surface area contributed by atoms with E-state index in [-0.39, 0.29) is 17.1 Å². The number of hydrogen-bond donors (Lipinski definition) is 4. The Morgan fingerprint density at radius 2 is 1.45 bits per heavy atom. The molecule has 11 nitrogen and oxygen atoms in total. The Morgan fingerprint density at radius 3 is 2.00 bits per heavy atom. The zero-order chi connectivity index (χ0) is 29.1. The number of aromatic amines is 2. The number of imidazole rings is 1. The maximum absolute atomic E-state index is 12.4. The van der Waals surface area contributed by atoms with Crippen molar-refractivity contribution in [2.45, 2.75) is 123 Å². The Kier molecular flexibility index (Phi) is 17.3. The number of ether oxygens (including phenoxy) is 2. The van der Waals surface area contributed by atoms with Crippen molar-refractivity contribution in [3.05, 3.63) is 16.7 Å². The minimum absolute atomic E-state index is 0.203. The van der Waals surface area contributed by atoms with Gasteiger partial charge in [-0.25, -0.2) is 4.98 Å². The van der Waals surface area contributed by atoms with Crippen molar-refractivity contribution in [3.63, 3.8) is 0 Å². The summed E-state index contributed by atoms with van der Waals surface area (Å²) in [6.07, 6.45) is 21.0. The smallest absolute Gasteiger partial charge is 0.351 e. The van der Waals surface area contributed by atoms with Gasteiger partial charge in [-0.2, -0.15) is 4.98 Å². The van der Waals surface area contributed by atoms with E-state index in [1.54, 1.807) is 11.8 Å². The van der Waals surface area contributed by atoms with E-state index in [1.165, 1.54) is 96.2 Å². The molecular formula is C28H52N5O6P. The summed E-state index contributed by atoms with van der Waals surface area (Å²) >= 11 is 0. The molecule has 2 aromatic heterocycles. The van der Waals surface area contributed by atoms with Crippen molar-refractivity contribution >= 4 is 24.7 Å². The summed E-state index contributed by atoms with van der Waals surface area (Å²) in [4.78, 5) is 46.2. The fourth-order valence-corrected chi connectivity index (χ4v) is 5.15. The minimum Gasteiger partial charge on any atom is -0.380 e. The van der Waals surface area contributed by atoms with Crippen LogP contribution in [-0.4, -0.2) is 62.1 Å². The van der Waals surface area contributed by atoms with Crippen LogP contribution in [0.15, 0.2) is 11.1 Å². The fourth-order valence-electron chi connectivity index (χ4n) is 4.74. The Morgan fingerprint density at radius 1 is 0.900 bits per heavy atom. The summed E-state index contributed by atoms with van der Waals surface area (Å²) in [6.45, 7) is 5.21. The molecule has 0 aromatic carbocycles. The highest BCUT2D eigenvalue weighted by Crippen LogP contribution is 2.34. The molecular weight excluding hydrogens is 533 g/mol. The highest BCUT2D eigenvalue weighted by atomic mass is 31.2. The number of hydrogen-bond acceptors (Lipinski definition) is 7. The predicted octanol–water partition coefficient (Wildman–Crippen LogP) is 6.23. The van der Waals surface area contributed by atoms with Crippen molar-refractivity contribution in [1.82, 2.24) is 19.9 Å². The first-order valence-corrected chi connectivity index (χ1v) is 17.1. The maximum Gasteiger partial charge on any atom is 0.351 e. The Labute approximate surface area is 239 Å². The molecule has 0 bridgehead atoms. The van der Waals surface area contributed by atoms with Crippen molar-refractivity contribution in [2.75, 3.05) is 31.0 Å². The van der Waals surface area contributed by atoms with Crippen molar-refractivity contribution in [2.24, 2.45) is 0 Å². The topological polar surface area (TPSA) is 154 Å². The molecule has 12 heteroatoms. The number of nitrogens with zero attached hydrogens (tertiary/aromatic N) is 3. The van der Waals surface area contributed by atoms with Crippen LogP contribution >= 0.6 is 7.60 Å². The van der Waals surface area contributed by atoms with Gasteiger partial charge in [0.25, 0.3) is 5.56 Å². The zero-order valence-electron chi connectivity index (χ0n) is 24.6. The van der Waals surface area contributed by atoms with Crippen LogP contribution in [0.5, 0.6) is 0 Å². The third-order valence-electron chi connectivity index (χ3n) is 7.10. The average Bonchev–Trinajstić information content (AvgIpc) is 3.40. The third kappa shape index (κ3) is 14.7. The summed E-state index contributed by atoms with van der Waals surface area (Å²) in [5.74, 6) is 0.203. The largest absolute Gasteiger partial charge is 0.380 e. The van der Waals surface area contributed by atoms with E-state index in [9.17, 15) is 19.1 Å². The molecule has 0 fully saturated rings. The molecule has 2 rings (SSSR count). The molecule has 0 amide bonds. The molecule has 0 aliphatic rings. The second-order valence-electron chi connectivity index (χ2n) is 10.7. The van der Waals surface area contributed by atoms with E-state index in [2.05, 4.69) is 26.9 Å². The molecule has 2 heterocycles. The van der Waals surface area contributed by atoms with Crippen LogP contribution in [0, 0.1) is 0 Å². The van der Waals surface area contributed by atoms with Gasteiger partial charge >= 0.3 is 7.60 Å².